The first kappa shape index (κ1) is 16.9. The summed E-state index contributed by atoms with van der Waals surface area (Å²) in [6.07, 6.45) is 3.11. The average molecular weight is 278 g/mol. The van der Waals surface area contributed by atoms with E-state index in [1.54, 1.807) is 0 Å². The number of hydrogen-bond acceptors (Lipinski definition) is 2. The molecule has 0 atom stereocenters. The Morgan fingerprint density at radius 1 is 0.900 bits per heavy atom. The molecule has 0 amide bonds. The lowest BCUT2D eigenvalue weighted by Gasteiger charge is -2.17. The molecule has 2 heteroatoms. The van der Waals surface area contributed by atoms with Crippen molar-refractivity contribution in [2.24, 2.45) is 11.8 Å². The van der Waals surface area contributed by atoms with E-state index in [9.17, 15) is 0 Å². The van der Waals surface area contributed by atoms with Crippen LogP contribution >= 0.6 is 0 Å². The van der Waals surface area contributed by atoms with Gasteiger partial charge in [-0.25, -0.2) is 0 Å². The highest BCUT2D eigenvalue weighted by Gasteiger charge is 2.10. The molecule has 20 heavy (non-hydrogen) atoms. The van der Waals surface area contributed by atoms with Crippen molar-refractivity contribution in [1.29, 1.82) is 0 Å². The van der Waals surface area contributed by atoms with Crippen LogP contribution in [0.25, 0.3) is 0 Å². The van der Waals surface area contributed by atoms with Crippen molar-refractivity contribution in [3.63, 3.8) is 0 Å². The first-order chi connectivity index (χ1) is 9.54. The molecular formula is C18H30O2. The molecule has 0 N–H and O–H groups in total. The molecule has 0 aliphatic carbocycles. The van der Waals surface area contributed by atoms with E-state index in [0.29, 0.717) is 11.8 Å². The van der Waals surface area contributed by atoms with Crippen molar-refractivity contribution in [3.8, 4) is 11.5 Å². The fourth-order valence-corrected chi connectivity index (χ4v) is 1.92. The molecule has 0 aromatic heterocycles. The summed E-state index contributed by atoms with van der Waals surface area (Å²) < 4.78 is 11.9. The number of hydrogen-bond donors (Lipinski definition) is 0. The molecule has 0 bridgehead atoms. The quantitative estimate of drug-likeness (QED) is 0.625. The fraction of sp³-hybridized carbons (Fsp3) is 0.667. The van der Waals surface area contributed by atoms with Crippen LogP contribution in [-0.2, 0) is 6.42 Å². The van der Waals surface area contributed by atoms with E-state index < -0.39 is 0 Å². The van der Waals surface area contributed by atoms with Crippen LogP contribution in [0.1, 0.15) is 53.0 Å². The summed E-state index contributed by atoms with van der Waals surface area (Å²) in [5.41, 5.74) is 1.23. The molecule has 1 aromatic carbocycles. The summed E-state index contributed by atoms with van der Waals surface area (Å²) in [4.78, 5) is 0. The predicted octanol–water partition coefficient (Wildman–Crippen LogP) is 5.10. The Labute approximate surface area is 124 Å². The van der Waals surface area contributed by atoms with Crippen molar-refractivity contribution in [2.45, 2.75) is 53.9 Å². The highest BCUT2D eigenvalue weighted by molar-refractivity contribution is 5.46. The molecule has 1 aromatic rings. The van der Waals surface area contributed by atoms with E-state index in [0.717, 1.165) is 44.0 Å². The van der Waals surface area contributed by atoms with Gasteiger partial charge in [-0.1, -0.05) is 46.8 Å². The van der Waals surface area contributed by atoms with Gasteiger partial charge in [-0.2, -0.15) is 0 Å². The normalized spacial score (nSPS) is 11.2. The number of aryl methyl sites for hydroxylation is 1. The van der Waals surface area contributed by atoms with Crippen LogP contribution in [0.15, 0.2) is 18.2 Å². The lowest BCUT2D eigenvalue weighted by molar-refractivity contribution is 0.245. The number of benzene rings is 1. The average Bonchev–Trinajstić information content (AvgIpc) is 2.39. The third kappa shape index (κ3) is 5.85. The van der Waals surface area contributed by atoms with Crippen LogP contribution in [0, 0.1) is 11.8 Å². The Morgan fingerprint density at radius 3 is 2.05 bits per heavy atom. The molecule has 0 aliphatic heterocycles. The van der Waals surface area contributed by atoms with E-state index in [-0.39, 0.29) is 0 Å². The second-order valence-corrected chi connectivity index (χ2v) is 6.16. The first-order valence-electron chi connectivity index (χ1n) is 7.92. The minimum Gasteiger partial charge on any atom is -0.490 e. The first-order valence-corrected chi connectivity index (χ1v) is 7.92. The molecule has 0 unspecified atom stereocenters. The van der Waals surface area contributed by atoms with Crippen LogP contribution in [0.5, 0.6) is 11.5 Å². The van der Waals surface area contributed by atoms with E-state index in [4.69, 9.17) is 9.47 Å². The molecule has 0 aliphatic rings. The van der Waals surface area contributed by atoms with Crippen molar-refractivity contribution < 1.29 is 9.47 Å². The number of para-hydroxylation sites is 1. The van der Waals surface area contributed by atoms with Crippen molar-refractivity contribution in [3.05, 3.63) is 23.8 Å². The zero-order chi connectivity index (χ0) is 15.0. The van der Waals surface area contributed by atoms with Crippen molar-refractivity contribution in [2.75, 3.05) is 13.2 Å². The van der Waals surface area contributed by atoms with Gasteiger partial charge in [-0.05, 0) is 42.7 Å². The molecule has 2 nitrogen and oxygen atoms in total. The summed E-state index contributed by atoms with van der Waals surface area (Å²) >= 11 is 0. The molecule has 0 radical (unpaired) electrons. The summed E-state index contributed by atoms with van der Waals surface area (Å²) in [6.45, 7) is 12.5. The Morgan fingerprint density at radius 2 is 1.50 bits per heavy atom. The van der Waals surface area contributed by atoms with Crippen LogP contribution < -0.4 is 9.47 Å². The molecule has 0 saturated carbocycles. The van der Waals surface area contributed by atoms with Gasteiger partial charge >= 0.3 is 0 Å². The van der Waals surface area contributed by atoms with E-state index in [1.807, 2.05) is 6.07 Å². The van der Waals surface area contributed by atoms with Gasteiger partial charge in [-0.15, -0.1) is 0 Å². The summed E-state index contributed by atoms with van der Waals surface area (Å²) in [6, 6.07) is 6.20. The standard InChI is InChI=1S/C18H30O2/c1-6-16-8-7-9-17(19-12-10-14(2)3)18(16)20-13-11-15(4)5/h7-9,14-15H,6,10-13H2,1-5H3. The molecule has 0 saturated heterocycles. The van der Waals surface area contributed by atoms with Gasteiger partial charge in [-0.3, -0.25) is 0 Å². The summed E-state index contributed by atoms with van der Waals surface area (Å²) in [7, 11) is 0. The van der Waals surface area contributed by atoms with E-state index in [1.165, 1.54) is 5.56 Å². The van der Waals surface area contributed by atoms with Gasteiger partial charge in [0, 0.05) is 0 Å². The van der Waals surface area contributed by atoms with Crippen LogP contribution in [-0.4, -0.2) is 13.2 Å². The Hall–Kier alpha value is -1.18. The highest BCUT2D eigenvalue weighted by atomic mass is 16.5. The van der Waals surface area contributed by atoms with Crippen LogP contribution in [0.4, 0.5) is 0 Å². The topological polar surface area (TPSA) is 18.5 Å². The minimum absolute atomic E-state index is 0.661. The lowest BCUT2D eigenvalue weighted by Crippen LogP contribution is -2.07. The second-order valence-electron chi connectivity index (χ2n) is 6.16. The van der Waals surface area contributed by atoms with Crippen LogP contribution in [0.3, 0.4) is 0 Å². The fourth-order valence-electron chi connectivity index (χ4n) is 1.92. The maximum atomic E-state index is 6.00. The van der Waals surface area contributed by atoms with Crippen molar-refractivity contribution >= 4 is 0 Å². The monoisotopic (exact) mass is 278 g/mol. The SMILES string of the molecule is CCc1cccc(OCCC(C)C)c1OCCC(C)C. The third-order valence-corrected chi connectivity index (χ3v) is 3.34. The van der Waals surface area contributed by atoms with Gasteiger partial charge < -0.3 is 9.47 Å². The van der Waals surface area contributed by atoms with Gasteiger partial charge in [0.1, 0.15) is 0 Å². The molecular weight excluding hydrogens is 248 g/mol. The summed E-state index contributed by atoms with van der Waals surface area (Å²) in [5.74, 6) is 3.16. The Balaban J connectivity index is 2.70. The number of ether oxygens (including phenoxy) is 2. The minimum atomic E-state index is 0.661. The van der Waals surface area contributed by atoms with Gasteiger partial charge in [0.2, 0.25) is 0 Å². The van der Waals surface area contributed by atoms with Gasteiger partial charge in [0.25, 0.3) is 0 Å². The van der Waals surface area contributed by atoms with Gasteiger partial charge in [0.05, 0.1) is 13.2 Å². The molecule has 0 spiro atoms. The summed E-state index contributed by atoms with van der Waals surface area (Å²) in [5, 5.41) is 0. The largest absolute Gasteiger partial charge is 0.490 e. The second kappa shape index (κ2) is 8.89. The predicted molar refractivity (Wildman–Crippen MR) is 85.7 cm³/mol. The maximum absolute atomic E-state index is 6.00. The van der Waals surface area contributed by atoms with Crippen LogP contribution in [0.2, 0.25) is 0 Å². The molecule has 0 fully saturated rings. The maximum Gasteiger partial charge on any atom is 0.164 e. The zero-order valence-electron chi connectivity index (χ0n) is 13.7. The molecule has 114 valence electrons. The Bertz CT molecular complexity index is 383. The Kier molecular flexibility index (Phi) is 7.50. The third-order valence-electron chi connectivity index (χ3n) is 3.34. The van der Waals surface area contributed by atoms with Gasteiger partial charge in [0.15, 0.2) is 11.5 Å². The molecule has 0 heterocycles. The smallest absolute Gasteiger partial charge is 0.164 e. The zero-order valence-corrected chi connectivity index (χ0v) is 13.7. The lowest BCUT2D eigenvalue weighted by atomic mass is 10.1. The van der Waals surface area contributed by atoms with Crippen molar-refractivity contribution in [1.82, 2.24) is 0 Å². The van der Waals surface area contributed by atoms with E-state index in [2.05, 4.69) is 46.8 Å². The molecule has 1 rings (SSSR count). The highest BCUT2D eigenvalue weighted by Crippen LogP contribution is 2.32. The number of rotatable bonds is 9. The van der Waals surface area contributed by atoms with E-state index >= 15 is 0 Å².